The lowest BCUT2D eigenvalue weighted by molar-refractivity contribution is 0.0886. The molecule has 2 aliphatic rings. The first-order valence-corrected chi connectivity index (χ1v) is 6.48. The number of piperidine rings is 1. The van der Waals surface area contributed by atoms with E-state index in [9.17, 15) is 4.79 Å². The zero-order valence-corrected chi connectivity index (χ0v) is 10.6. The third kappa shape index (κ3) is 1.71. The quantitative estimate of drug-likeness (QED) is 0.681. The van der Waals surface area contributed by atoms with Crippen LogP contribution < -0.4 is 0 Å². The SMILES string of the molecule is Cc1cccc2c1[C@H]1CN(C)CC[C@H]1CC2=O. The second-order valence-corrected chi connectivity index (χ2v) is 5.58. The highest BCUT2D eigenvalue weighted by atomic mass is 16.1. The van der Waals surface area contributed by atoms with Gasteiger partial charge in [-0.2, -0.15) is 0 Å². The molecule has 0 spiro atoms. The van der Waals surface area contributed by atoms with Gasteiger partial charge in [-0.25, -0.2) is 0 Å². The van der Waals surface area contributed by atoms with Crippen LogP contribution in [0.3, 0.4) is 0 Å². The van der Waals surface area contributed by atoms with Crippen molar-refractivity contribution in [3.8, 4) is 0 Å². The van der Waals surface area contributed by atoms with E-state index in [0.717, 1.165) is 25.1 Å². The first kappa shape index (κ1) is 11.0. The van der Waals surface area contributed by atoms with Gasteiger partial charge in [-0.1, -0.05) is 18.2 Å². The lowest BCUT2D eigenvalue weighted by atomic mass is 9.70. The number of nitrogens with zero attached hydrogens (tertiary/aromatic N) is 1. The van der Waals surface area contributed by atoms with Crippen molar-refractivity contribution in [1.29, 1.82) is 0 Å². The van der Waals surface area contributed by atoms with Gasteiger partial charge < -0.3 is 4.90 Å². The lowest BCUT2D eigenvalue weighted by Crippen LogP contribution is -2.40. The lowest BCUT2D eigenvalue weighted by Gasteiger charge is -2.41. The molecule has 0 amide bonds. The van der Waals surface area contributed by atoms with Crippen LogP contribution in [0.2, 0.25) is 0 Å². The van der Waals surface area contributed by atoms with Crippen molar-refractivity contribution in [3.63, 3.8) is 0 Å². The Balaban J connectivity index is 2.10. The molecule has 0 saturated carbocycles. The maximum atomic E-state index is 12.2. The van der Waals surface area contributed by atoms with Crippen LogP contribution in [0.25, 0.3) is 0 Å². The zero-order valence-electron chi connectivity index (χ0n) is 10.6. The van der Waals surface area contributed by atoms with Crippen molar-refractivity contribution in [1.82, 2.24) is 4.90 Å². The van der Waals surface area contributed by atoms with Crippen molar-refractivity contribution in [2.24, 2.45) is 5.92 Å². The number of benzene rings is 1. The van der Waals surface area contributed by atoms with Gasteiger partial charge in [0.05, 0.1) is 0 Å². The minimum atomic E-state index is 0.356. The van der Waals surface area contributed by atoms with E-state index in [-0.39, 0.29) is 0 Å². The Morgan fingerprint density at radius 1 is 1.35 bits per heavy atom. The molecule has 3 rings (SSSR count). The molecule has 0 radical (unpaired) electrons. The summed E-state index contributed by atoms with van der Waals surface area (Å²) < 4.78 is 0. The molecule has 1 aliphatic heterocycles. The molecule has 1 fully saturated rings. The van der Waals surface area contributed by atoms with Gasteiger partial charge in [0.2, 0.25) is 0 Å². The molecule has 0 unspecified atom stereocenters. The molecule has 1 aromatic rings. The molecule has 1 aliphatic carbocycles. The summed E-state index contributed by atoms with van der Waals surface area (Å²) in [5, 5.41) is 0. The summed E-state index contributed by atoms with van der Waals surface area (Å²) in [6.07, 6.45) is 1.93. The molecule has 17 heavy (non-hydrogen) atoms. The van der Waals surface area contributed by atoms with Crippen molar-refractivity contribution in [2.45, 2.75) is 25.7 Å². The van der Waals surface area contributed by atoms with Gasteiger partial charge in [0.15, 0.2) is 5.78 Å². The minimum absolute atomic E-state index is 0.356. The topological polar surface area (TPSA) is 20.3 Å². The second kappa shape index (κ2) is 3.95. The third-order valence-electron chi connectivity index (χ3n) is 4.40. The van der Waals surface area contributed by atoms with Crippen molar-refractivity contribution < 1.29 is 4.79 Å². The Hall–Kier alpha value is -1.15. The van der Waals surface area contributed by atoms with Gasteiger partial charge in [0, 0.05) is 24.4 Å². The molecule has 1 heterocycles. The molecule has 0 bridgehead atoms. The number of ketones is 1. The highest BCUT2D eigenvalue weighted by Gasteiger charge is 2.37. The summed E-state index contributed by atoms with van der Waals surface area (Å²) in [6.45, 7) is 4.38. The van der Waals surface area contributed by atoms with Crippen LogP contribution in [0.15, 0.2) is 18.2 Å². The highest BCUT2D eigenvalue weighted by Crippen LogP contribution is 2.42. The number of Topliss-reactive ketones (excluding diaryl/α,β-unsaturated/α-hetero) is 1. The van der Waals surface area contributed by atoms with E-state index in [2.05, 4.69) is 24.9 Å². The average Bonchev–Trinajstić information content (AvgIpc) is 2.30. The number of carbonyl (C=O) groups excluding carboxylic acids is 1. The van der Waals surface area contributed by atoms with E-state index in [4.69, 9.17) is 0 Å². The molecular weight excluding hydrogens is 210 g/mol. The normalized spacial score (nSPS) is 28.7. The Labute approximate surface area is 103 Å². The summed E-state index contributed by atoms with van der Waals surface area (Å²) >= 11 is 0. The van der Waals surface area contributed by atoms with Crippen LogP contribution in [0.5, 0.6) is 0 Å². The molecule has 1 aromatic carbocycles. The van der Waals surface area contributed by atoms with Crippen LogP contribution in [-0.2, 0) is 0 Å². The summed E-state index contributed by atoms with van der Waals surface area (Å²) in [6, 6.07) is 6.16. The maximum Gasteiger partial charge on any atom is 0.163 e. The monoisotopic (exact) mass is 229 g/mol. The standard InChI is InChI=1S/C15H19NO/c1-10-4-3-5-12-14(17)8-11-6-7-16(2)9-13(11)15(10)12/h3-5,11,13H,6-9H2,1-2H3/t11-,13-/m0/s1. The van der Waals surface area contributed by atoms with Gasteiger partial charge in [-0.3, -0.25) is 4.79 Å². The first-order chi connectivity index (χ1) is 8.16. The molecule has 1 saturated heterocycles. The molecular formula is C15H19NO. The number of hydrogen-bond donors (Lipinski definition) is 0. The van der Waals surface area contributed by atoms with E-state index >= 15 is 0 Å². The summed E-state index contributed by atoms with van der Waals surface area (Å²) in [5.74, 6) is 1.50. The van der Waals surface area contributed by atoms with Gasteiger partial charge >= 0.3 is 0 Å². The van der Waals surface area contributed by atoms with Crippen LogP contribution in [-0.4, -0.2) is 30.8 Å². The number of likely N-dealkylation sites (N-methyl/N-ethyl adjacent to an activating group) is 1. The van der Waals surface area contributed by atoms with Crippen LogP contribution in [0.1, 0.15) is 40.2 Å². The van der Waals surface area contributed by atoms with E-state index in [1.54, 1.807) is 0 Å². The highest BCUT2D eigenvalue weighted by molar-refractivity contribution is 5.99. The molecule has 0 N–H and O–H groups in total. The van der Waals surface area contributed by atoms with Crippen molar-refractivity contribution in [3.05, 3.63) is 34.9 Å². The number of hydrogen-bond acceptors (Lipinski definition) is 2. The van der Waals surface area contributed by atoms with Crippen LogP contribution in [0.4, 0.5) is 0 Å². The van der Waals surface area contributed by atoms with Crippen LogP contribution in [0, 0.1) is 12.8 Å². The van der Waals surface area contributed by atoms with Gasteiger partial charge in [-0.05, 0) is 44.0 Å². The Kier molecular flexibility index (Phi) is 2.55. The zero-order chi connectivity index (χ0) is 12.0. The molecule has 90 valence electrons. The summed E-state index contributed by atoms with van der Waals surface area (Å²) in [4.78, 5) is 14.6. The van der Waals surface area contributed by atoms with Crippen molar-refractivity contribution in [2.75, 3.05) is 20.1 Å². The fraction of sp³-hybridized carbons (Fsp3) is 0.533. The number of rotatable bonds is 0. The molecule has 2 heteroatoms. The van der Waals surface area contributed by atoms with E-state index in [0.29, 0.717) is 17.6 Å². The Bertz CT molecular complexity index is 466. The summed E-state index contributed by atoms with van der Waals surface area (Å²) in [5.41, 5.74) is 3.61. The Morgan fingerprint density at radius 3 is 3.00 bits per heavy atom. The minimum Gasteiger partial charge on any atom is -0.306 e. The largest absolute Gasteiger partial charge is 0.306 e. The number of aryl methyl sites for hydroxylation is 1. The van der Waals surface area contributed by atoms with E-state index < -0.39 is 0 Å². The van der Waals surface area contributed by atoms with Gasteiger partial charge in [-0.15, -0.1) is 0 Å². The fourth-order valence-electron chi connectivity index (χ4n) is 3.50. The smallest absolute Gasteiger partial charge is 0.163 e. The fourth-order valence-corrected chi connectivity index (χ4v) is 3.50. The summed E-state index contributed by atoms with van der Waals surface area (Å²) in [7, 11) is 2.19. The van der Waals surface area contributed by atoms with E-state index in [1.165, 1.54) is 17.5 Å². The molecule has 0 aromatic heterocycles. The van der Waals surface area contributed by atoms with Gasteiger partial charge in [0.25, 0.3) is 0 Å². The number of likely N-dealkylation sites (tertiary alicyclic amines) is 1. The first-order valence-electron chi connectivity index (χ1n) is 6.48. The Morgan fingerprint density at radius 2 is 2.18 bits per heavy atom. The predicted octanol–water partition coefficient (Wildman–Crippen LogP) is 2.62. The van der Waals surface area contributed by atoms with Gasteiger partial charge in [0.1, 0.15) is 0 Å². The molecule has 2 nitrogen and oxygen atoms in total. The van der Waals surface area contributed by atoms with Crippen LogP contribution >= 0.6 is 0 Å². The third-order valence-corrected chi connectivity index (χ3v) is 4.40. The van der Waals surface area contributed by atoms with E-state index in [1.807, 2.05) is 12.1 Å². The predicted molar refractivity (Wildman–Crippen MR) is 68.5 cm³/mol. The van der Waals surface area contributed by atoms with Crippen molar-refractivity contribution >= 4 is 5.78 Å². The average molecular weight is 229 g/mol. The second-order valence-electron chi connectivity index (χ2n) is 5.58. The number of carbonyl (C=O) groups is 1. The number of fused-ring (bicyclic) bond motifs is 3. The molecule has 2 atom stereocenters. The maximum absolute atomic E-state index is 12.2.